The average Bonchev–Trinajstić information content (AvgIpc) is 3.07. The summed E-state index contributed by atoms with van der Waals surface area (Å²) in [4.78, 5) is 41.5. The molecular formula is C19H21N3O4. The minimum absolute atomic E-state index is 0.151. The molecule has 0 atom stereocenters. The molecule has 3 rings (SSSR count). The summed E-state index contributed by atoms with van der Waals surface area (Å²) < 4.78 is 6.38. The number of fused-ring (bicyclic) bond motifs is 1. The number of para-hydroxylation sites is 1. The third kappa shape index (κ3) is 3.51. The number of hydrogen-bond acceptors (Lipinski definition) is 5. The molecule has 0 unspecified atom stereocenters. The number of benzene rings is 1. The molecule has 1 amide bonds. The highest BCUT2D eigenvalue weighted by molar-refractivity contribution is 6.01. The molecule has 2 aromatic rings. The van der Waals surface area contributed by atoms with Crippen LogP contribution >= 0.6 is 0 Å². The molecule has 1 aromatic carbocycles. The van der Waals surface area contributed by atoms with Crippen molar-refractivity contribution < 1.29 is 14.3 Å². The van der Waals surface area contributed by atoms with Crippen molar-refractivity contribution in [1.82, 2.24) is 9.55 Å². The minimum Gasteiger partial charge on any atom is -0.462 e. The molecule has 0 aliphatic heterocycles. The molecule has 7 nitrogen and oxygen atoms in total. The van der Waals surface area contributed by atoms with Gasteiger partial charge in [0, 0.05) is 5.56 Å². The second kappa shape index (κ2) is 7.51. The zero-order valence-electron chi connectivity index (χ0n) is 14.9. The van der Waals surface area contributed by atoms with Crippen LogP contribution in [0.15, 0.2) is 29.1 Å². The van der Waals surface area contributed by atoms with E-state index in [-0.39, 0.29) is 24.3 Å². The van der Waals surface area contributed by atoms with Crippen molar-refractivity contribution >= 4 is 17.6 Å². The molecule has 0 saturated carbocycles. The van der Waals surface area contributed by atoms with Crippen LogP contribution in [0, 0.1) is 6.92 Å². The van der Waals surface area contributed by atoms with E-state index in [0.717, 1.165) is 18.5 Å². The number of amides is 1. The molecule has 1 aliphatic rings. The summed E-state index contributed by atoms with van der Waals surface area (Å²) in [6, 6.07) is 6.62. The summed E-state index contributed by atoms with van der Waals surface area (Å²) in [7, 11) is 0. The number of nitrogens with zero attached hydrogens (tertiary/aromatic N) is 2. The van der Waals surface area contributed by atoms with Crippen LogP contribution < -0.4 is 10.9 Å². The first-order valence-corrected chi connectivity index (χ1v) is 8.66. The quantitative estimate of drug-likeness (QED) is 0.827. The Morgan fingerprint density at radius 3 is 2.81 bits per heavy atom. The van der Waals surface area contributed by atoms with Gasteiger partial charge in [-0.2, -0.15) is 0 Å². The summed E-state index contributed by atoms with van der Waals surface area (Å²) in [5.74, 6) is -0.382. The summed E-state index contributed by atoms with van der Waals surface area (Å²) in [5, 5.41) is 2.69. The lowest BCUT2D eigenvalue weighted by atomic mass is 10.2. The first-order valence-electron chi connectivity index (χ1n) is 8.66. The maximum atomic E-state index is 12.6. The topological polar surface area (TPSA) is 90.3 Å². The number of ether oxygens (including phenoxy) is 1. The van der Waals surface area contributed by atoms with E-state index in [1.54, 1.807) is 38.1 Å². The van der Waals surface area contributed by atoms with Gasteiger partial charge in [0.25, 0.3) is 5.56 Å². The first kappa shape index (κ1) is 17.8. The van der Waals surface area contributed by atoms with Gasteiger partial charge < -0.3 is 10.1 Å². The molecule has 0 fully saturated rings. The zero-order valence-corrected chi connectivity index (χ0v) is 14.9. The number of carbonyl (C=O) groups excluding carboxylic acids is 2. The second-order valence-electron chi connectivity index (χ2n) is 6.14. The van der Waals surface area contributed by atoms with Gasteiger partial charge in [-0.1, -0.05) is 12.1 Å². The number of esters is 1. The fraction of sp³-hybridized carbons (Fsp3) is 0.368. The predicted octanol–water partition coefficient (Wildman–Crippen LogP) is 1.86. The Morgan fingerprint density at radius 2 is 2.04 bits per heavy atom. The maximum Gasteiger partial charge on any atom is 0.340 e. The van der Waals surface area contributed by atoms with Gasteiger partial charge in [-0.05, 0) is 45.2 Å². The largest absolute Gasteiger partial charge is 0.462 e. The minimum atomic E-state index is -0.504. The highest BCUT2D eigenvalue weighted by atomic mass is 16.5. The Kier molecular flexibility index (Phi) is 5.16. The van der Waals surface area contributed by atoms with Crippen LogP contribution in [-0.4, -0.2) is 28.0 Å². The van der Waals surface area contributed by atoms with E-state index in [1.165, 1.54) is 4.57 Å². The number of anilines is 1. The Labute approximate surface area is 151 Å². The zero-order chi connectivity index (χ0) is 18.7. The second-order valence-corrected chi connectivity index (χ2v) is 6.14. The Balaban J connectivity index is 1.81. The van der Waals surface area contributed by atoms with Crippen molar-refractivity contribution in [3.63, 3.8) is 0 Å². The molecule has 0 spiro atoms. The van der Waals surface area contributed by atoms with Crippen molar-refractivity contribution in [2.75, 3.05) is 11.9 Å². The molecule has 0 radical (unpaired) electrons. The fourth-order valence-corrected chi connectivity index (χ4v) is 3.15. The van der Waals surface area contributed by atoms with E-state index in [4.69, 9.17) is 4.74 Å². The van der Waals surface area contributed by atoms with Crippen LogP contribution in [0.4, 0.5) is 5.69 Å². The van der Waals surface area contributed by atoms with E-state index >= 15 is 0 Å². The highest BCUT2D eigenvalue weighted by Crippen LogP contribution is 2.18. The van der Waals surface area contributed by atoms with Crippen molar-refractivity contribution in [3.05, 3.63) is 57.3 Å². The molecule has 136 valence electrons. The lowest BCUT2D eigenvalue weighted by Crippen LogP contribution is -2.32. The van der Waals surface area contributed by atoms with Gasteiger partial charge in [0.1, 0.15) is 12.4 Å². The average molecular weight is 355 g/mol. The van der Waals surface area contributed by atoms with Gasteiger partial charge in [-0.15, -0.1) is 0 Å². The molecule has 1 aromatic heterocycles. The van der Waals surface area contributed by atoms with Crippen molar-refractivity contribution in [2.24, 2.45) is 0 Å². The van der Waals surface area contributed by atoms with Gasteiger partial charge >= 0.3 is 5.97 Å². The molecule has 0 bridgehead atoms. The van der Waals surface area contributed by atoms with Crippen LogP contribution in [0.1, 0.15) is 40.8 Å². The fourth-order valence-electron chi connectivity index (χ4n) is 3.15. The van der Waals surface area contributed by atoms with Crippen LogP contribution in [-0.2, 0) is 28.9 Å². The third-order valence-corrected chi connectivity index (χ3v) is 4.38. The van der Waals surface area contributed by atoms with Gasteiger partial charge in [-0.3, -0.25) is 14.2 Å². The molecule has 7 heteroatoms. The van der Waals surface area contributed by atoms with Crippen LogP contribution in [0.5, 0.6) is 0 Å². The molecule has 1 aliphatic carbocycles. The van der Waals surface area contributed by atoms with E-state index in [1.807, 2.05) is 0 Å². The standard InChI is InChI=1S/C19H21N3O4/c1-3-26-19(25)14-7-4-5-9-16(14)21-17(23)11-22-12(2)20-15-10-6-8-13(15)18(22)24/h4-5,7,9H,3,6,8,10-11H2,1-2H3,(H,21,23). The predicted molar refractivity (Wildman–Crippen MR) is 96.3 cm³/mol. The number of rotatable bonds is 5. The maximum absolute atomic E-state index is 12.6. The molecule has 1 heterocycles. The summed E-state index contributed by atoms with van der Waals surface area (Å²) >= 11 is 0. The number of nitrogens with one attached hydrogen (secondary N) is 1. The van der Waals surface area contributed by atoms with E-state index in [2.05, 4.69) is 10.3 Å². The Bertz CT molecular complexity index is 917. The summed E-state index contributed by atoms with van der Waals surface area (Å²) in [5.41, 5.74) is 2.03. The Hall–Kier alpha value is -2.96. The van der Waals surface area contributed by atoms with Gasteiger partial charge in [0.2, 0.25) is 5.91 Å². The molecule has 1 N–H and O–H groups in total. The monoisotopic (exact) mass is 355 g/mol. The van der Waals surface area contributed by atoms with Crippen molar-refractivity contribution in [2.45, 2.75) is 39.7 Å². The summed E-state index contributed by atoms with van der Waals surface area (Å²) in [6.45, 7) is 3.54. The molecular weight excluding hydrogens is 334 g/mol. The van der Waals surface area contributed by atoms with Crippen molar-refractivity contribution in [3.8, 4) is 0 Å². The van der Waals surface area contributed by atoms with Gasteiger partial charge in [-0.25, -0.2) is 9.78 Å². The van der Waals surface area contributed by atoms with Crippen LogP contribution in [0.3, 0.4) is 0 Å². The van der Waals surface area contributed by atoms with Gasteiger partial charge in [0.15, 0.2) is 0 Å². The van der Waals surface area contributed by atoms with Crippen LogP contribution in [0.2, 0.25) is 0 Å². The summed E-state index contributed by atoms with van der Waals surface area (Å²) in [6.07, 6.45) is 2.43. The third-order valence-electron chi connectivity index (χ3n) is 4.38. The van der Waals surface area contributed by atoms with E-state index in [0.29, 0.717) is 23.5 Å². The number of hydrogen-bond donors (Lipinski definition) is 1. The SMILES string of the molecule is CCOC(=O)c1ccccc1NC(=O)Cn1c(C)nc2c(c1=O)CCC2. The lowest BCUT2D eigenvalue weighted by molar-refractivity contribution is -0.116. The molecule has 0 saturated heterocycles. The van der Waals surface area contributed by atoms with Crippen LogP contribution in [0.25, 0.3) is 0 Å². The first-order chi connectivity index (χ1) is 12.5. The normalized spacial score (nSPS) is 12.5. The van der Waals surface area contributed by atoms with Gasteiger partial charge in [0.05, 0.1) is 23.6 Å². The van der Waals surface area contributed by atoms with Crippen molar-refractivity contribution in [1.29, 1.82) is 0 Å². The smallest absolute Gasteiger partial charge is 0.340 e. The number of aryl methyl sites for hydroxylation is 2. The highest BCUT2D eigenvalue weighted by Gasteiger charge is 2.21. The van der Waals surface area contributed by atoms with E-state index < -0.39 is 11.9 Å². The van der Waals surface area contributed by atoms with E-state index in [9.17, 15) is 14.4 Å². The number of aromatic nitrogens is 2. The number of carbonyl (C=O) groups is 2. The lowest BCUT2D eigenvalue weighted by Gasteiger charge is -2.13. The Morgan fingerprint density at radius 1 is 1.27 bits per heavy atom. The molecule has 26 heavy (non-hydrogen) atoms.